The van der Waals surface area contributed by atoms with Crippen LogP contribution in [0.3, 0.4) is 0 Å². The molecule has 8 nitrogen and oxygen atoms in total. The van der Waals surface area contributed by atoms with Crippen LogP contribution in [0.1, 0.15) is 19.4 Å². The molecule has 1 aromatic heterocycles. The van der Waals surface area contributed by atoms with Crippen molar-refractivity contribution in [2.75, 3.05) is 0 Å². The molecular formula is C10H14N4O4. The van der Waals surface area contributed by atoms with Crippen molar-refractivity contribution in [3.05, 3.63) is 18.5 Å². The number of hydrogen-bond acceptors (Lipinski definition) is 4. The molecule has 18 heavy (non-hydrogen) atoms. The van der Waals surface area contributed by atoms with Gasteiger partial charge in [-0.05, 0) is 13.0 Å². The number of rotatable bonds is 6. The van der Waals surface area contributed by atoms with Crippen LogP contribution < -0.4 is 11.1 Å². The lowest BCUT2D eigenvalue weighted by Gasteiger charge is -2.17. The summed E-state index contributed by atoms with van der Waals surface area (Å²) < 4.78 is 1.37. The van der Waals surface area contributed by atoms with Crippen LogP contribution in [0.2, 0.25) is 0 Å². The molecule has 0 aliphatic rings. The Labute approximate surface area is 103 Å². The van der Waals surface area contributed by atoms with E-state index < -0.39 is 36.3 Å². The number of nitrogens with one attached hydrogen (secondary N) is 1. The van der Waals surface area contributed by atoms with Gasteiger partial charge in [0, 0.05) is 12.4 Å². The van der Waals surface area contributed by atoms with Crippen molar-refractivity contribution in [3.63, 3.8) is 0 Å². The highest BCUT2D eigenvalue weighted by Crippen LogP contribution is 2.04. The van der Waals surface area contributed by atoms with E-state index in [0.29, 0.717) is 0 Å². The molecule has 0 aliphatic carbocycles. The first-order valence-electron chi connectivity index (χ1n) is 5.22. The number of nitrogens with two attached hydrogens (primary N) is 1. The number of hydrogen-bond donors (Lipinski definition) is 3. The molecule has 98 valence electrons. The van der Waals surface area contributed by atoms with Gasteiger partial charge in [0.1, 0.15) is 12.1 Å². The van der Waals surface area contributed by atoms with Gasteiger partial charge < -0.3 is 16.2 Å². The third-order valence-corrected chi connectivity index (χ3v) is 2.32. The van der Waals surface area contributed by atoms with Gasteiger partial charge >= 0.3 is 5.97 Å². The maximum absolute atomic E-state index is 11.8. The second-order valence-corrected chi connectivity index (χ2v) is 3.73. The summed E-state index contributed by atoms with van der Waals surface area (Å²) in [4.78, 5) is 33.3. The Morgan fingerprint density at radius 2 is 2.17 bits per heavy atom. The Morgan fingerprint density at radius 3 is 2.61 bits per heavy atom. The van der Waals surface area contributed by atoms with Crippen molar-refractivity contribution in [3.8, 4) is 0 Å². The molecule has 0 saturated carbocycles. The van der Waals surface area contributed by atoms with Crippen LogP contribution >= 0.6 is 0 Å². The van der Waals surface area contributed by atoms with Gasteiger partial charge in [0.25, 0.3) is 0 Å². The van der Waals surface area contributed by atoms with Crippen LogP contribution in [0.4, 0.5) is 0 Å². The highest BCUT2D eigenvalue weighted by molar-refractivity contribution is 5.89. The van der Waals surface area contributed by atoms with Gasteiger partial charge in [-0.25, -0.2) is 4.79 Å². The minimum absolute atomic E-state index is 0.451. The molecule has 8 heteroatoms. The van der Waals surface area contributed by atoms with Gasteiger partial charge in [0.05, 0.1) is 6.42 Å². The van der Waals surface area contributed by atoms with Gasteiger partial charge in [0.15, 0.2) is 0 Å². The zero-order chi connectivity index (χ0) is 13.7. The van der Waals surface area contributed by atoms with E-state index in [-0.39, 0.29) is 0 Å². The van der Waals surface area contributed by atoms with Crippen molar-refractivity contribution >= 4 is 17.8 Å². The van der Waals surface area contributed by atoms with Gasteiger partial charge in [-0.2, -0.15) is 5.10 Å². The Kier molecular flexibility index (Phi) is 4.41. The average molecular weight is 254 g/mol. The fraction of sp³-hybridized carbons (Fsp3) is 0.400. The molecule has 1 unspecified atom stereocenters. The lowest BCUT2D eigenvalue weighted by molar-refractivity contribution is -0.143. The molecule has 0 radical (unpaired) electrons. The van der Waals surface area contributed by atoms with Crippen LogP contribution in [0.5, 0.6) is 0 Å². The van der Waals surface area contributed by atoms with E-state index in [2.05, 4.69) is 10.4 Å². The Hall–Kier alpha value is -2.38. The first-order chi connectivity index (χ1) is 8.41. The second kappa shape index (κ2) is 5.80. The quantitative estimate of drug-likeness (QED) is 0.593. The van der Waals surface area contributed by atoms with Crippen LogP contribution in [0.25, 0.3) is 0 Å². The maximum atomic E-state index is 11.8. The number of aromatic nitrogens is 2. The normalized spacial score (nSPS) is 13.6. The summed E-state index contributed by atoms with van der Waals surface area (Å²) in [6.07, 6.45) is 2.63. The van der Waals surface area contributed by atoms with Crippen LogP contribution in [0, 0.1) is 0 Å². The average Bonchev–Trinajstić information content (AvgIpc) is 2.79. The first kappa shape index (κ1) is 13.7. The fourth-order valence-electron chi connectivity index (χ4n) is 1.32. The van der Waals surface area contributed by atoms with Gasteiger partial charge in [-0.1, -0.05) is 0 Å². The molecule has 0 spiro atoms. The van der Waals surface area contributed by atoms with E-state index >= 15 is 0 Å². The minimum atomic E-state index is -1.33. The van der Waals surface area contributed by atoms with E-state index in [0.717, 1.165) is 0 Å². The summed E-state index contributed by atoms with van der Waals surface area (Å²) in [5.74, 6) is -2.66. The molecular weight excluding hydrogens is 240 g/mol. The molecule has 2 atom stereocenters. The molecule has 2 amide bonds. The number of amides is 2. The zero-order valence-electron chi connectivity index (χ0n) is 9.74. The third kappa shape index (κ3) is 3.58. The molecule has 0 aromatic carbocycles. The summed E-state index contributed by atoms with van der Waals surface area (Å²) in [5, 5.41) is 14.9. The molecule has 4 N–H and O–H groups in total. The Balaban J connectivity index is 2.66. The monoisotopic (exact) mass is 254 g/mol. The first-order valence-corrected chi connectivity index (χ1v) is 5.22. The number of nitrogens with zero attached hydrogens (tertiary/aromatic N) is 2. The van der Waals surface area contributed by atoms with E-state index in [1.165, 1.54) is 10.9 Å². The fourth-order valence-corrected chi connectivity index (χ4v) is 1.32. The van der Waals surface area contributed by atoms with Crippen molar-refractivity contribution in [1.29, 1.82) is 0 Å². The standard InChI is InChI=1S/C10H14N4O4/c1-6(14-4-2-3-12-14)9(16)13-7(10(17)18)5-8(11)15/h2-4,6-7H,5H2,1H3,(H2,11,15)(H,13,16)(H,17,18)/t6?,7-/m1/s1. The van der Waals surface area contributed by atoms with Crippen LogP contribution in [0.15, 0.2) is 18.5 Å². The summed E-state index contributed by atoms with van der Waals surface area (Å²) in [5.41, 5.74) is 4.91. The summed E-state index contributed by atoms with van der Waals surface area (Å²) in [6, 6.07) is -0.357. The van der Waals surface area contributed by atoms with Gasteiger partial charge in [0.2, 0.25) is 11.8 Å². The summed E-state index contributed by atoms with van der Waals surface area (Å²) >= 11 is 0. The summed E-state index contributed by atoms with van der Waals surface area (Å²) in [6.45, 7) is 1.56. The molecule has 0 aliphatic heterocycles. The molecule has 0 fully saturated rings. The van der Waals surface area contributed by atoms with E-state index in [1.54, 1.807) is 19.2 Å². The molecule has 0 bridgehead atoms. The topological polar surface area (TPSA) is 127 Å². The highest BCUT2D eigenvalue weighted by Gasteiger charge is 2.25. The molecule has 1 rings (SSSR count). The number of aliphatic carboxylic acids is 1. The number of carboxylic acid groups (broad SMARTS) is 1. The highest BCUT2D eigenvalue weighted by atomic mass is 16.4. The van der Waals surface area contributed by atoms with E-state index in [9.17, 15) is 14.4 Å². The van der Waals surface area contributed by atoms with Crippen LogP contribution in [-0.2, 0) is 14.4 Å². The summed E-state index contributed by atoms with van der Waals surface area (Å²) in [7, 11) is 0. The molecule has 1 aromatic rings. The predicted molar refractivity (Wildman–Crippen MR) is 60.3 cm³/mol. The minimum Gasteiger partial charge on any atom is -0.480 e. The predicted octanol–water partition coefficient (Wildman–Crippen LogP) is -1.11. The second-order valence-electron chi connectivity index (χ2n) is 3.73. The number of carbonyl (C=O) groups excluding carboxylic acids is 2. The number of carbonyl (C=O) groups is 3. The Bertz CT molecular complexity index is 443. The van der Waals surface area contributed by atoms with E-state index in [4.69, 9.17) is 10.8 Å². The van der Waals surface area contributed by atoms with Crippen LogP contribution in [-0.4, -0.2) is 38.7 Å². The third-order valence-electron chi connectivity index (χ3n) is 2.32. The maximum Gasteiger partial charge on any atom is 0.326 e. The number of carboxylic acids is 1. The largest absolute Gasteiger partial charge is 0.480 e. The van der Waals surface area contributed by atoms with Gasteiger partial charge in [-0.15, -0.1) is 0 Å². The van der Waals surface area contributed by atoms with Crippen molar-refractivity contribution in [2.45, 2.75) is 25.4 Å². The van der Waals surface area contributed by atoms with Crippen molar-refractivity contribution < 1.29 is 19.5 Å². The number of primary amides is 1. The lowest BCUT2D eigenvalue weighted by atomic mass is 10.2. The Morgan fingerprint density at radius 1 is 1.50 bits per heavy atom. The zero-order valence-corrected chi connectivity index (χ0v) is 9.74. The van der Waals surface area contributed by atoms with Crippen molar-refractivity contribution in [2.24, 2.45) is 5.73 Å². The van der Waals surface area contributed by atoms with Crippen molar-refractivity contribution in [1.82, 2.24) is 15.1 Å². The molecule has 1 heterocycles. The molecule has 0 saturated heterocycles. The smallest absolute Gasteiger partial charge is 0.326 e. The van der Waals surface area contributed by atoms with E-state index in [1.807, 2.05) is 0 Å². The lowest BCUT2D eigenvalue weighted by Crippen LogP contribution is -2.45. The SMILES string of the molecule is CC(C(=O)N[C@H](CC(N)=O)C(=O)O)n1cccn1. The van der Waals surface area contributed by atoms with Gasteiger partial charge in [-0.3, -0.25) is 14.3 Å².